The molecule has 18 heavy (non-hydrogen) atoms. The number of rotatable bonds is 4. The van der Waals surface area contributed by atoms with Crippen molar-refractivity contribution in [2.75, 3.05) is 11.4 Å². The second kappa shape index (κ2) is 5.55. The van der Waals surface area contributed by atoms with Gasteiger partial charge < -0.3 is 10.6 Å². The van der Waals surface area contributed by atoms with E-state index in [0.717, 1.165) is 0 Å². The molecule has 0 bridgehead atoms. The summed E-state index contributed by atoms with van der Waals surface area (Å²) >= 11 is 0. The van der Waals surface area contributed by atoms with Crippen molar-refractivity contribution in [3.8, 4) is 0 Å². The Labute approximate surface area is 105 Å². The summed E-state index contributed by atoms with van der Waals surface area (Å²) in [5.41, 5.74) is 6.67. The standard InChI is InChI=1S/C13H15FN4/c1-2-18(12-6-4-3-5-11(12)14)13-9-16-10(7-15)8-17-13/h3-6,8-9H,2,7,15H2,1H3. The summed E-state index contributed by atoms with van der Waals surface area (Å²) in [5, 5.41) is 0. The molecule has 0 aliphatic rings. The van der Waals surface area contributed by atoms with Crippen molar-refractivity contribution >= 4 is 11.5 Å². The Morgan fingerprint density at radius 2 is 2.00 bits per heavy atom. The van der Waals surface area contributed by atoms with Crippen LogP contribution in [0, 0.1) is 5.82 Å². The topological polar surface area (TPSA) is 55.0 Å². The number of nitrogens with zero attached hydrogens (tertiary/aromatic N) is 3. The highest BCUT2D eigenvalue weighted by molar-refractivity contribution is 5.59. The molecular formula is C13H15FN4. The fourth-order valence-corrected chi connectivity index (χ4v) is 1.72. The molecule has 0 spiro atoms. The van der Waals surface area contributed by atoms with Crippen molar-refractivity contribution < 1.29 is 4.39 Å². The minimum Gasteiger partial charge on any atom is -0.325 e. The van der Waals surface area contributed by atoms with Gasteiger partial charge in [0, 0.05) is 13.1 Å². The van der Waals surface area contributed by atoms with Gasteiger partial charge in [0.15, 0.2) is 5.82 Å². The van der Waals surface area contributed by atoms with E-state index in [1.165, 1.54) is 6.07 Å². The van der Waals surface area contributed by atoms with Gasteiger partial charge in [-0.2, -0.15) is 0 Å². The number of hydrogen-bond donors (Lipinski definition) is 1. The molecule has 5 heteroatoms. The van der Waals surface area contributed by atoms with Gasteiger partial charge in [0.05, 0.1) is 23.8 Å². The highest BCUT2D eigenvalue weighted by atomic mass is 19.1. The lowest BCUT2D eigenvalue weighted by Crippen LogP contribution is -2.19. The van der Waals surface area contributed by atoms with E-state index in [1.807, 2.05) is 6.92 Å². The molecule has 1 aromatic carbocycles. The first-order chi connectivity index (χ1) is 8.76. The zero-order valence-electron chi connectivity index (χ0n) is 10.2. The van der Waals surface area contributed by atoms with Crippen molar-refractivity contribution in [1.82, 2.24) is 9.97 Å². The number of nitrogens with two attached hydrogens (primary N) is 1. The van der Waals surface area contributed by atoms with E-state index < -0.39 is 0 Å². The summed E-state index contributed by atoms with van der Waals surface area (Å²) in [7, 11) is 0. The van der Waals surface area contributed by atoms with Gasteiger partial charge in [-0.05, 0) is 19.1 Å². The molecule has 2 aromatic rings. The summed E-state index contributed by atoms with van der Waals surface area (Å²) in [4.78, 5) is 10.2. The molecule has 0 amide bonds. The fraction of sp³-hybridized carbons (Fsp3) is 0.231. The van der Waals surface area contributed by atoms with Gasteiger partial charge in [-0.15, -0.1) is 0 Å². The summed E-state index contributed by atoms with van der Waals surface area (Å²) in [5.74, 6) is 0.337. The minimum absolute atomic E-state index is 0.274. The van der Waals surface area contributed by atoms with Gasteiger partial charge in [0.2, 0.25) is 0 Å². The van der Waals surface area contributed by atoms with Gasteiger partial charge in [-0.3, -0.25) is 4.98 Å². The third kappa shape index (κ3) is 2.46. The second-order valence-corrected chi connectivity index (χ2v) is 3.77. The van der Waals surface area contributed by atoms with E-state index in [9.17, 15) is 4.39 Å². The number of hydrogen-bond acceptors (Lipinski definition) is 4. The van der Waals surface area contributed by atoms with E-state index in [2.05, 4.69) is 9.97 Å². The maximum Gasteiger partial charge on any atom is 0.151 e. The summed E-state index contributed by atoms with van der Waals surface area (Å²) in [6.45, 7) is 2.89. The van der Waals surface area contributed by atoms with Crippen molar-refractivity contribution in [3.63, 3.8) is 0 Å². The normalized spacial score (nSPS) is 10.4. The van der Waals surface area contributed by atoms with Crippen LogP contribution in [0.4, 0.5) is 15.9 Å². The Morgan fingerprint density at radius 1 is 1.22 bits per heavy atom. The molecule has 0 unspecified atom stereocenters. The van der Waals surface area contributed by atoms with Crippen LogP contribution in [-0.4, -0.2) is 16.5 Å². The van der Waals surface area contributed by atoms with Gasteiger partial charge >= 0.3 is 0 Å². The Bertz CT molecular complexity index is 513. The van der Waals surface area contributed by atoms with E-state index >= 15 is 0 Å². The first-order valence-corrected chi connectivity index (χ1v) is 5.79. The van der Waals surface area contributed by atoms with Gasteiger partial charge in [-0.25, -0.2) is 9.37 Å². The minimum atomic E-state index is -0.274. The average Bonchev–Trinajstić information content (AvgIpc) is 2.42. The number of anilines is 2. The Balaban J connectivity index is 2.36. The quantitative estimate of drug-likeness (QED) is 0.898. The zero-order chi connectivity index (χ0) is 13.0. The summed E-state index contributed by atoms with van der Waals surface area (Å²) in [6.07, 6.45) is 3.22. The maximum atomic E-state index is 13.7. The molecule has 94 valence electrons. The lowest BCUT2D eigenvalue weighted by atomic mass is 10.2. The molecule has 0 saturated heterocycles. The van der Waals surface area contributed by atoms with Crippen LogP contribution in [-0.2, 0) is 6.54 Å². The SMILES string of the molecule is CCN(c1cnc(CN)cn1)c1ccccc1F. The molecule has 4 nitrogen and oxygen atoms in total. The number of para-hydroxylation sites is 1. The van der Waals surface area contributed by atoms with Crippen LogP contribution in [0.3, 0.4) is 0 Å². The molecule has 0 fully saturated rings. The van der Waals surface area contributed by atoms with Gasteiger partial charge in [0.25, 0.3) is 0 Å². The molecule has 0 aliphatic heterocycles. The van der Waals surface area contributed by atoms with Crippen molar-refractivity contribution in [2.24, 2.45) is 5.73 Å². The highest BCUT2D eigenvalue weighted by Gasteiger charge is 2.12. The molecule has 2 N–H and O–H groups in total. The van der Waals surface area contributed by atoms with E-state index in [-0.39, 0.29) is 5.82 Å². The molecule has 1 aromatic heterocycles. The fourth-order valence-electron chi connectivity index (χ4n) is 1.72. The third-order valence-corrected chi connectivity index (χ3v) is 2.64. The largest absolute Gasteiger partial charge is 0.325 e. The summed E-state index contributed by atoms with van der Waals surface area (Å²) in [6, 6.07) is 6.61. The number of benzene rings is 1. The van der Waals surface area contributed by atoms with Crippen LogP contribution in [0.15, 0.2) is 36.7 Å². The van der Waals surface area contributed by atoms with Crippen molar-refractivity contribution in [2.45, 2.75) is 13.5 Å². The third-order valence-electron chi connectivity index (χ3n) is 2.64. The first kappa shape index (κ1) is 12.4. The number of aromatic nitrogens is 2. The van der Waals surface area contributed by atoms with Crippen LogP contribution in [0.1, 0.15) is 12.6 Å². The predicted molar refractivity (Wildman–Crippen MR) is 69.0 cm³/mol. The second-order valence-electron chi connectivity index (χ2n) is 3.77. The van der Waals surface area contributed by atoms with Crippen LogP contribution in [0.25, 0.3) is 0 Å². The average molecular weight is 246 g/mol. The Kier molecular flexibility index (Phi) is 3.84. The highest BCUT2D eigenvalue weighted by Crippen LogP contribution is 2.25. The molecule has 0 atom stereocenters. The zero-order valence-corrected chi connectivity index (χ0v) is 10.2. The van der Waals surface area contributed by atoms with Crippen LogP contribution in [0.5, 0.6) is 0 Å². The Morgan fingerprint density at radius 3 is 2.56 bits per heavy atom. The maximum absolute atomic E-state index is 13.7. The molecule has 1 heterocycles. The van der Waals surface area contributed by atoms with Crippen LogP contribution in [0.2, 0.25) is 0 Å². The molecule has 0 radical (unpaired) electrons. The number of halogens is 1. The monoisotopic (exact) mass is 246 g/mol. The molecule has 0 aliphatic carbocycles. The Hall–Kier alpha value is -2.01. The van der Waals surface area contributed by atoms with Crippen LogP contribution < -0.4 is 10.6 Å². The predicted octanol–water partition coefficient (Wildman–Crippen LogP) is 2.23. The molecular weight excluding hydrogens is 231 g/mol. The van der Waals surface area contributed by atoms with E-state index in [0.29, 0.717) is 30.3 Å². The van der Waals surface area contributed by atoms with Crippen molar-refractivity contribution in [1.29, 1.82) is 0 Å². The molecule has 0 saturated carbocycles. The van der Waals surface area contributed by atoms with E-state index in [1.54, 1.807) is 35.5 Å². The van der Waals surface area contributed by atoms with Gasteiger partial charge in [-0.1, -0.05) is 12.1 Å². The first-order valence-electron chi connectivity index (χ1n) is 5.79. The lowest BCUT2D eigenvalue weighted by Gasteiger charge is -2.22. The lowest BCUT2D eigenvalue weighted by molar-refractivity contribution is 0.625. The summed E-state index contributed by atoms with van der Waals surface area (Å²) < 4.78 is 13.7. The van der Waals surface area contributed by atoms with Crippen LogP contribution >= 0.6 is 0 Å². The van der Waals surface area contributed by atoms with Gasteiger partial charge in [0.1, 0.15) is 5.82 Å². The van der Waals surface area contributed by atoms with Crippen molar-refractivity contribution in [3.05, 3.63) is 48.2 Å². The smallest absolute Gasteiger partial charge is 0.151 e. The van der Waals surface area contributed by atoms with E-state index in [4.69, 9.17) is 5.73 Å². The molecule has 2 rings (SSSR count).